The van der Waals surface area contributed by atoms with E-state index >= 15 is 4.39 Å². The third kappa shape index (κ3) is 8.99. The molecule has 230 valence electrons. The minimum atomic E-state index is -3.66. The van der Waals surface area contributed by atoms with Gasteiger partial charge in [0.15, 0.2) is 0 Å². The number of ether oxygens (including phenoxy) is 1. The Kier molecular flexibility index (Phi) is 10.3. The minimum Gasteiger partial charge on any atom is -0.441 e. The summed E-state index contributed by atoms with van der Waals surface area (Å²) in [6.45, 7) is 5.24. The second kappa shape index (κ2) is 14.3. The number of nitrogens with zero attached hydrogens (tertiary/aromatic N) is 3. The van der Waals surface area contributed by atoms with Crippen LogP contribution in [0.15, 0.2) is 78.9 Å². The van der Waals surface area contributed by atoms with Crippen LogP contribution in [0.1, 0.15) is 24.0 Å². The summed E-state index contributed by atoms with van der Waals surface area (Å²) in [5.41, 5.74) is 3.33. The van der Waals surface area contributed by atoms with Crippen LogP contribution >= 0.6 is 0 Å². The van der Waals surface area contributed by atoms with Gasteiger partial charge in [0.1, 0.15) is 18.5 Å². The lowest BCUT2D eigenvalue weighted by Gasteiger charge is -2.42. The van der Waals surface area contributed by atoms with Crippen molar-refractivity contribution in [1.82, 2.24) is 9.80 Å². The Balaban J connectivity index is 1.14. The molecule has 0 saturated carbocycles. The van der Waals surface area contributed by atoms with Gasteiger partial charge in [0.25, 0.3) is 10.1 Å². The normalized spacial score (nSPS) is 19.9. The average molecular weight is 611 g/mol. The van der Waals surface area contributed by atoms with Gasteiger partial charge in [-0.15, -0.1) is 0 Å². The van der Waals surface area contributed by atoms with Gasteiger partial charge in [0.2, 0.25) is 0 Å². The van der Waals surface area contributed by atoms with Gasteiger partial charge < -0.3 is 10.1 Å². The van der Waals surface area contributed by atoms with Crippen molar-refractivity contribution < 1.29 is 26.5 Å². The fourth-order valence-corrected chi connectivity index (χ4v) is 6.04. The summed E-state index contributed by atoms with van der Waals surface area (Å²) in [5.74, 6) is -0.474. The lowest BCUT2D eigenvalue weighted by atomic mass is 10.0. The van der Waals surface area contributed by atoms with Crippen LogP contribution in [0.3, 0.4) is 0 Å². The topological polar surface area (TPSA) is 91.4 Å². The standard InChI is InChI=1S/C32H39FN4O5S/c1-43(39,40)41-24-29-23-37(32(38)42-29)27-14-15-31(30(33)19-27)34-16-8-13-28-22-35(20-25-9-4-2-5-10-25)17-18-36(28)21-26-11-6-3-7-12-26/h2-7,9-12,14-15,19,28-29,34H,8,13,16-18,20-24H2,1H3/t28?,29-/m1/s1. The van der Waals surface area contributed by atoms with Crippen molar-refractivity contribution in [1.29, 1.82) is 0 Å². The zero-order chi connectivity index (χ0) is 30.2. The number of carbonyl (C=O) groups is 1. The predicted molar refractivity (Wildman–Crippen MR) is 165 cm³/mol. The number of anilines is 2. The van der Waals surface area contributed by atoms with Gasteiger partial charge in [-0.2, -0.15) is 8.42 Å². The summed E-state index contributed by atoms with van der Waals surface area (Å²) in [5, 5.41) is 3.21. The van der Waals surface area contributed by atoms with Crippen LogP contribution in [0, 0.1) is 5.82 Å². The molecule has 2 aliphatic heterocycles. The van der Waals surface area contributed by atoms with E-state index in [4.69, 9.17) is 8.92 Å². The molecule has 0 aromatic heterocycles. The Hall–Kier alpha value is -3.51. The SMILES string of the molecule is CS(=O)(=O)OC[C@H]1CN(c2ccc(NCCCC3CN(Cc4ccccc4)CCN3Cc3ccccc3)c(F)c2)C(=O)O1. The molecule has 1 N–H and O–H groups in total. The Morgan fingerprint density at radius 1 is 0.953 bits per heavy atom. The van der Waals surface area contributed by atoms with Crippen LogP contribution in [-0.2, 0) is 32.1 Å². The molecule has 2 saturated heterocycles. The number of hydrogen-bond donors (Lipinski definition) is 1. The van der Waals surface area contributed by atoms with Crippen molar-refractivity contribution in [3.63, 3.8) is 0 Å². The molecule has 0 radical (unpaired) electrons. The van der Waals surface area contributed by atoms with E-state index in [1.54, 1.807) is 12.1 Å². The molecule has 2 heterocycles. The van der Waals surface area contributed by atoms with E-state index in [9.17, 15) is 13.2 Å². The zero-order valence-electron chi connectivity index (χ0n) is 24.4. The van der Waals surface area contributed by atoms with Gasteiger partial charge >= 0.3 is 6.09 Å². The first-order chi connectivity index (χ1) is 20.7. The van der Waals surface area contributed by atoms with Gasteiger partial charge in [-0.1, -0.05) is 60.7 Å². The number of carbonyl (C=O) groups excluding carboxylic acids is 1. The summed E-state index contributed by atoms with van der Waals surface area (Å²) in [6.07, 6.45) is 1.35. The molecule has 11 heteroatoms. The second-order valence-corrected chi connectivity index (χ2v) is 12.8. The number of hydrogen-bond acceptors (Lipinski definition) is 8. The highest BCUT2D eigenvalue weighted by Crippen LogP contribution is 2.27. The van der Waals surface area contributed by atoms with E-state index in [0.717, 1.165) is 51.8 Å². The third-order valence-electron chi connectivity index (χ3n) is 7.80. The number of rotatable bonds is 13. The van der Waals surface area contributed by atoms with E-state index in [0.29, 0.717) is 24.0 Å². The van der Waals surface area contributed by atoms with Crippen molar-refractivity contribution in [2.45, 2.75) is 38.1 Å². The quantitative estimate of drug-likeness (QED) is 0.220. The zero-order valence-corrected chi connectivity index (χ0v) is 25.2. The largest absolute Gasteiger partial charge is 0.441 e. The maximum atomic E-state index is 15.0. The highest BCUT2D eigenvalue weighted by atomic mass is 32.2. The fourth-order valence-electron chi connectivity index (χ4n) is 5.64. The van der Waals surface area contributed by atoms with E-state index in [1.165, 1.54) is 22.1 Å². The van der Waals surface area contributed by atoms with Gasteiger partial charge in [0, 0.05) is 45.3 Å². The molecule has 0 aliphatic carbocycles. The third-order valence-corrected chi connectivity index (χ3v) is 8.37. The lowest BCUT2D eigenvalue weighted by Crippen LogP contribution is -2.52. The summed E-state index contributed by atoms with van der Waals surface area (Å²) < 4.78 is 47.4. The Morgan fingerprint density at radius 2 is 1.65 bits per heavy atom. The molecular weight excluding hydrogens is 571 g/mol. The van der Waals surface area contributed by atoms with E-state index in [2.05, 4.69) is 63.6 Å². The molecule has 3 aromatic carbocycles. The van der Waals surface area contributed by atoms with Crippen LogP contribution < -0.4 is 10.2 Å². The Morgan fingerprint density at radius 3 is 2.33 bits per heavy atom. The first kappa shape index (κ1) is 30.9. The molecule has 3 aromatic rings. The molecule has 2 aliphatic rings. The van der Waals surface area contributed by atoms with Gasteiger partial charge in [-0.05, 0) is 42.2 Å². The highest BCUT2D eigenvalue weighted by Gasteiger charge is 2.33. The number of amides is 1. The monoisotopic (exact) mass is 610 g/mol. The Bertz CT molecular complexity index is 1460. The van der Waals surface area contributed by atoms with E-state index < -0.39 is 28.1 Å². The molecular formula is C32H39FN4O5S. The van der Waals surface area contributed by atoms with Crippen LogP contribution in [-0.4, -0.2) is 82.0 Å². The Labute approximate surface area is 253 Å². The second-order valence-electron chi connectivity index (χ2n) is 11.2. The lowest BCUT2D eigenvalue weighted by molar-refractivity contribution is 0.0589. The number of piperazine rings is 1. The van der Waals surface area contributed by atoms with Gasteiger partial charge in [-0.25, -0.2) is 9.18 Å². The van der Waals surface area contributed by atoms with Crippen LogP contribution in [0.25, 0.3) is 0 Å². The van der Waals surface area contributed by atoms with Crippen molar-refractivity contribution in [3.05, 3.63) is 95.8 Å². The fraction of sp³-hybridized carbons (Fsp3) is 0.406. The molecule has 0 bridgehead atoms. The van der Waals surface area contributed by atoms with Crippen molar-refractivity contribution in [2.75, 3.05) is 55.8 Å². The number of halogens is 1. The average Bonchev–Trinajstić information content (AvgIpc) is 3.37. The van der Waals surface area contributed by atoms with Crippen LogP contribution in [0.2, 0.25) is 0 Å². The first-order valence-electron chi connectivity index (χ1n) is 14.6. The maximum Gasteiger partial charge on any atom is 0.414 e. The molecule has 1 unspecified atom stereocenters. The van der Waals surface area contributed by atoms with Gasteiger partial charge in [0.05, 0.1) is 24.2 Å². The van der Waals surface area contributed by atoms with E-state index in [1.807, 2.05) is 12.1 Å². The minimum absolute atomic E-state index is 0.0722. The highest BCUT2D eigenvalue weighted by molar-refractivity contribution is 7.85. The summed E-state index contributed by atoms with van der Waals surface area (Å²) >= 11 is 0. The van der Waals surface area contributed by atoms with Crippen LogP contribution in [0.4, 0.5) is 20.6 Å². The summed E-state index contributed by atoms with van der Waals surface area (Å²) in [6, 6.07) is 26.0. The molecule has 1 amide bonds. The smallest absolute Gasteiger partial charge is 0.414 e. The van der Waals surface area contributed by atoms with Crippen molar-refractivity contribution in [3.8, 4) is 0 Å². The van der Waals surface area contributed by atoms with Crippen molar-refractivity contribution in [2.24, 2.45) is 0 Å². The predicted octanol–water partition coefficient (Wildman–Crippen LogP) is 4.71. The van der Waals surface area contributed by atoms with Crippen molar-refractivity contribution >= 4 is 27.6 Å². The molecule has 2 fully saturated rings. The molecule has 2 atom stereocenters. The molecule has 5 rings (SSSR count). The summed E-state index contributed by atoms with van der Waals surface area (Å²) in [7, 11) is -3.66. The van der Waals surface area contributed by atoms with Gasteiger partial charge in [-0.3, -0.25) is 18.9 Å². The number of nitrogens with one attached hydrogen (secondary N) is 1. The molecule has 9 nitrogen and oxygen atoms in total. The maximum absolute atomic E-state index is 15.0. The van der Waals surface area contributed by atoms with E-state index in [-0.39, 0.29) is 13.2 Å². The molecule has 0 spiro atoms. The first-order valence-corrected chi connectivity index (χ1v) is 16.5. The number of cyclic esters (lactones) is 1. The summed E-state index contributed by atoms with van der Waals surface area (Å²) in [4.78, 5) is 18.6. The number of benzene rings is 3. The van der Waals surface area contributed by atoms with Crippen LogP contribution in [0.5, 0.6) is 0 Å². The molecule has 43 heavy (non-hydrogen) atoms.